The van der Waals surface area contributed by atoms with Gasteiger partial charge in [-0.3, -0.25) is 0 Å². The number of hydrogen-bond donors (Lipinski definition) is 2. The van der Waals surface area contributed by atoms with Gasteiger partial charge in [0.1, 0.15) is 0 Å². The molecule has 0 aliphatic rings. The molecule has 0 unspecified atom stereocenters. The SMILES string of the molecule is CCC[N+](CC)(CCC)CCC.O=C(O)/C=C\C(=O)O. The summed E-state index contributed by atoms with van der Waals surface area (Å²) in [5, 5.41) is 15.6. The van der Waals surface area contributed by atoms with Crippen LogP contribution in [0.2, 0.25) is 0 Å². The molecule has 2 N–H and O–H groups in total. The van der Waals surface area contributed by atoms with Crippen LogP contribution in [0.4, 0.5) is 0 Å². The first-order valence-electron chi connectivity index (χ1n) is 7.36. The third kappa shape index (κ3) is 11.7. The van der Waals surface area contributed by atoms with Crippen molar-refractivity contribution in [3.8, 4) is 0 Å². The maximum absolute atomic E-state index is 9.55. The summed E-state index contributed by atoms with van der Waals surface area (Å²) in [5.41, 5.74) is 0. The summed E-state index contributed by atoms with van der Waals surface area (Å²) in [4.78, 5) is 19.1. The highest BCUT2D eigenvalue weighted by molar-refractivity contribution is 5.89. The zero-order valence-corrected chi connectivity index (χ0v) is 13.3. The Labute approximate surface area is 122 Å². The Morgan fingerprint density at radius 3 is 1.25 bits per heavy atom. The van der Waals surface area contributed by atoms with E-state index in [0.717, 1.165) is 0 Å². The standard InChI is InChI=1S/C11H26N.C4H4O4/c1-5-9-12(8-4,10-6-2)11-7-3;5-3(6)1-2-4(7)8/h5-11H2,1-4H3;1-2H,(H,5,6)(H,7,8)/q+1;/b;2-1-. The predicted molar refractivity (Wildman–Crippen MR) is 80.7 cm³/mol. The molecular formula is C15H30NO4+. The van der Waals surface area contributed by atoms with Gasteiger partial charge in [0, 0.05) is 12.2 Å². The molecule has 0 fully saturated rings. The minimum Gasteiger partial charge on any atom is -0.478 e. The number of carboxylic acid groups (broad SMARTS) is 2. The number of rotatable bonds is 9. The van der Waals surface area contributed by atoms with Gasteiger partial charge in [0.05, 0.1) is 26.2 Å². The van der Waals surface area contributed by atoms with Crippen molar-refractivity contribution >= 4 is 11.9 Å². The molecule has 0 aromatic carbocycles. The van der Waals surface area contributed by atoms with Crippen LogP contribution < -0.4 is 0 Å². The number of hydrogen-bond acceptors (Lipinski definition) is 2. The summed E-state index contributed by atoms with van der Waals surface area (Å²) in [5.74, 6) is -2.51. The Balaban J connectivity index is 0. The lowest BCUT2D eigenvalue weighted by Crippen LogP contribution is -2.49. The molecule has 0 spiro atoms. The van der Waals surface area contributed by atoms with Crippen molar-refractivity contribution in [1.29, 1.82) is 0 Å². The smallest absolute Gasteiger partial charge is 0.328 e. The molecule has 0 saturated carbocycles. The van der Waals surface area contributed by atoms with E-state index in [9.17, 15) is 9.59 Å². The first kappa shape index (κ1) is 20.9. The molecule has 0 atom stereocenters. The minimum absolute atomic E-state index is 0.558. The largest absolute Gasteiger partial charge is 0.478 e. The van der Waals surface area contributed by atoms with Gasteiger partial charge in [-0.1, -0.05) is 20.8 Å². The van der Waals surface area contributed by atoms with Gasteiger partial charge in [0.25, 0.3) is 0 Å². The lowest BCUT2D eigenvalue weighted by atomic mass is 10.2. The van der Waals surface area contributed by atoms with E-state index in [1.54, 1.807) is 0 Å². The van der Waals surface area contributed by atoms with Crippen molar-refractivity contribution in [2.75, 3.05) is 26.2 Å². The Kier molecular flexibility index (Phi) is 13.3. The summed E-state index contributed by atoms with van der Waals surface area (Å²) in [7, 11) is 0. The van der Waals surface area contributed by atoms with Gasteiger partial charge in [0.15, 0.2) is 0 Å². The summed E-state index contributed by atoms with van der Waals surface area (Å²) >= 11 is 0. The lowest BCUT2D eigenvalue weighted by molar-refractivity contribution is -0.926. The topological polar surface area (TPSA) is 74.6 Å². The second kappa shape index (κ2) is 12.7. The zero-order valence-electron chi connectivity index (χ0n) is 13.3. The second-order valence-electron chi connectivity index (χ2n) is 4.84. The van der Waals surface area contributed by atoms with Gasteiger partial charge >= 0.3 is 11.9 Å². The molecule has 5 heteroatoms. The predicted octanol–water partition coefficient (Wildman–Crippen LogP) is 2.76. The molecule has 5 nitrogen and oxygen atoms in total. The third-order valence-electron chi connectivity index (χ3n) is 3.13. The fraction of sp³-hybridized carbons (Fsp3) is 0.733. The fourth-order valence-electron chi connectivity index (χ4n) is 2.38. The molecule has 0 rings (SSSR count). The highest BCUT2D eigenvalue weighted by atomic mass is 16.4. The number of carbonyl (C=O) groups is 2. The van der Waals surface area contributed by atoms with Crippen LogP contribution in [-0.4, -0.2) is 52.8 Å². The number of carboxylic acids is 2. The molecule has 0 aliphatic heterocycles. The Hall–Kier alpha value is -1.36. The van der Waals surface area contributed by atoms with E-state index in [1.807, 2.05) is 0 Å². The molecule has 0 aromatic rings. The van der Waals surface area contributed by atoms with Crippen molar-refractivity contribution in [3.05, 3.63) is 12.2 Å². The quantitative estimate of drug-likeness (QED) is 0.505. The molecule has 0 bridgehead atoms. The Morgan fingerprint density at radius 1 is 0.800 bits per heavy atom. The van der Waals surface area contributed by atoms with Gasteiger partial charge < -0.3 is 14.7 Å². The third-order valence-corrected chi connectivity index (χ3v) is 3.13. The highest BCUT2D eigenvalue weighted by Gasteiger charge is 2.21. The highest BCUT2D eigenvalue weighted by Crippen LogP contribution is 2.10. The monoisotopic (exact) mass is 288 g/mol. The first-order chi connectivity index (χ1) is 9.37. The molecule has 118 valence electrons. The van der Waals surface area contributed by atoms with Crippen LogP contribution in [0.5, 0.6) is 0 Å². The lowest BCUT2D eigenvalue weighted by Gasteiger charge is -2.37. The zero-order chi connectivity index (χ0) is 16.0. The van der Waals surface area contributed by atoms with Crippen molar-refractivity contribution in [3.63, 3.8) is 0 Å². The molecule has 20 heavy (non-hydrogen) atoms. The van der Waals surface area contributed by atoms with Gasteiger partial charge in [-0.2, -0.15) is 0 Å². The number of nitrogens with zero attached hydrogens (tertiary/aromatic N) is 1. The molecule has 0 heterocycles. The van der Waals surface area contributed by atoms with Crippen LogP contribution in [0.15, 0.2) is 12.2 Å². The van der Waals surface area contributed by atoms with Crippen LogP contribution in [0.3, 0.4) is 0 Å². The Morgan fingerprint density at radius 2 is 1.10 bits per heavy atom. The van der Waals surface area contributed by atoms with Crippen LogP contribution in [0.1, 0.15) is 47.0 Å². The van der Waals surface area contributed by atoms with Gasteiger partial charge in [-0.25, -0.2) is 9.59 Å². The number of quaternary nitrogens is 1. The van der Waals surface area contributed by atoms with E-state index in [4.69, 9.17) is 10.2 Å². The average Bonchev–Trinajstić information content (AvgIpc) is 2.38. The average molecular weight is 288 g/mol. The Bertz CT molecular complexity index is 267. The van der Waals surface area contributed by atoms with Crippen molar-refractivity contribution in [2.45, 2.75) is 47.0 Å². The van der Waals surface area contributed by atoms with Crippen LogP contribution in [0, 0.1) is 0 Å². The van der Waals surface area contributed by atoms with Crippen molar-refractivity contribution < 1.29 is 24.3 Å². The minimum atomic E-state index is -1.26. The van der Waals surface area contributed by atoms with E-state index in [0.29, 0.717) is 12.2 Å². The molecule has 0 aliphatic carbocycles. The number of aliphatic carboxylic acids is 2. The summed E-state index contributed by atoms with van der Waals surface area (Å²) in [6, 6.07) is 0. The second-order valence-corrected chi connectivity index (χ2v) is 4.84. The summed E-state index contributed by atoms with van der Waals surface area (Å²) < 4.78 is 1.35. The first-order valence-corrected chi connectivity index (χ1v) is 7.36. The molecule has 0 saturated heterocycles. The maximum Gasteiger partial charge on any atom is 0.328 e. The van der Waals surface area contributed by atoms with Crippen molar-refractivity contribution in [1.82, 2.24) is 0 Å². The van der Waals surface area contributed by atoms with E-state index >= 15 is 0 Å². The van der Waals surface area contributed by atoms with E-state index < -0.39 is 11.9 Å². The summed E-state index contributed by atoms with van der Waals surface area (Å²) in [6.45, 7) is 14.7. The molecule has 0 amide bonds. The van der Waals surface area contributed by atoms with E-state index in [1.165, 1.54) is 49.9 Å². The van der Waals surface area contributed by atoms with Gasteiger partial charge in [-0.05, 0) is 26.2 Å². The normalized spacial score (nSPS) is 11.0. The van der Waals surface area contributed by atoms with E-state index in [2.05, 4.69) is 27.7 Å². The van der Waals surface area contributed by atoms with Gasteiger partial charge in [0.2, 0.25) is 0 Å². The van der Waals surface area contributed by atoms with Crippen LogP contribution in [0.25, 0.3) is 0 Å². The van der Waals surface area contributed by atoms with Gasteiger partial charge in [-0.15, -0.1) is 0 Å². The molecule has 0 aromatic heterocycles. The van der Waals surface area contributed by atoms with Crippen LogP contribution >= 0.6 is 0 Å². The maximum atomic E-state index is 9.55. The summed E-state index contributed by atoms with van der Waals surface area (Å²) in [6.07, 6.45) is 5.10. The molecule has 0 radical (unpaired) electrons. The van der Waals surface area contributed by atoms with Crippen molar-refractivity contribution in [2.24, 2.45) is 0 Å². The van der Waals surface area contributed by atoms with E-state index in [-0.39, 0.29) is 0 Å². The molecular weight excluding hydrogens is 258 g/mol. The fourth-order valence-corrected chi connectivity index (χ4v) is 2.38. The van der Waals surface area contributed by atoms with Crippen LogP contribution in [-0.2, 0) is 9.59 Å².